The average molecular weight is 327 g/mol. The van der Waals surface area contributed by atoms with Gasteiger partial charge < -0.3 is 0 Å². The molecule has 2 aromatic carbocycles. The first-order chi connectivity index (χ1) is 11.2. The van der Waals surface area contributed by atoms with E-state index in [1.165, 1.54) is 23.6 Å². The predicted molar refractivity (Wildman–Crippen MR) is 94.4 cm³/mol. The van der Waals surface area contributed by atoms with Crippen LogP contribution >= 0.6 is 11.8 Å². The Kier molecular flexibility index (Phi) is 5.34. The van der Waals surface area contributed by atoms with E-state index in [1.807, 2.05) is 18.2 Å². The average Bonchev–Trinajstić information content (AvgIpc) is 2.60. The quantitative estimate of drug-likeness (QED) is 0.858. The SMILES string of the molecule is O=C(CSc1ccc2ccccc2c1)NC(=O)C1CCCCC1. The van der Waals surface area contributed by atoms with E-state index in [-0.39, 0.29) is 23.5 Å². The van der Waals surface area contributed by atoms with Gasteiger partial charge in [0.1, 0.15) is 0 Å². The van der Waals surface area contributed by atoms with Crippen LogP contribution in [0.1, 0.15) is 32.1 Å². The van der Waals surface area contributed by atoms with E-state index in [0.29, 0.717) is 0 Å². The lowest BCUT2D eigenvalue weighted by atomic mass is 9.89. The van der Waals surface area contributed by atoms with Crippen molar-refractivity contribution < 1.29 is 9.59 Å². The van der Waals surface area contributed by atoms with Crippen molar-refractivity contribution in [3.8, 4) is 0 Å². The third kappa shape index (κ3) is 4.35. The fraction of sp³-hybridized carbons (Fsp3) is 0.368. The van der Waals surface area contributed by atoms with Crippen molar-refractivity contribution >= 4 is 34.3 Å². The molecule has 120 valence electrons. The van der Waals surface area contributed by atoms with Crippen LogP contribution in [-0.2, 0) is 9.59 Å². The number of benzene rings is 2. The highest BCUT2D eigenvalue weighted by molar-refractivity contribution is 8.00. The first kappa shape index (κ1) is 16.1. The largest absolute Gasteiger partial charge is 0.295 e. The van der Waals surface area contributed by atoms with Crippen LogP contribution in [0.2, 0.25) is 0 Å². The van der Waals surface area contributed by atoms with Gasteiger partial charge in [-0.05, 0) is 35.7 Å². The molecule has 23 heavy (non-hydrogen) atoms. The standard InChI is InChI=1S/C19H21NO2S/c21-18(20-19(22)15-7-2-1-3-8-15)13-23-17-11-10-14-6-4-5-9-16(14)12-17/h4-6,9-12,15H,1-3,7-8,13H2,(H,20,21,22). The Morgan fingerprint density at radius 3 is 2.52 bits per heavy atom. The van der Waals surface area contributed by atoms with Gasteiger partial charge in [-0.15, -0.1) is 11.8 Å². The summed E-state index contributed by atoms with van der Waals surface area (Å²) in [5.74, 6) is 0.0162. The van der Waals surface area contributed by atoms with Crippen LogP contribution in [0.4, 0.5) is 0 Å². The summed E-state index contributed by atoms with van der Waals surface area (Å²) < 4.78 is 0. The van der Waals surface area contributed by atoms with Crippen LogP contribution in [0.25, 0.3) is 10.8 Å². The van der Waals surface area contributed by atoms with Crippen molar-refractivity contribution in [3.05, 3.63) is 42.5 Å². The Morgan fingerprint density at radius 1 is 1.00 bits per heavy atom. The molecule has 0 atom stereocenters. The van der Waals surface area contributed by atoms with Gasteiger partial charge >= 0.3 is 0 Å². The van der Waals surface area contributed by atoms with Gasteiger partial charge in [0.25, 0.3) is 0 Å². The van der Waals surface area contributed by atoms with Gasteiger partial charge in [-0.2, -0.15) is 0 Å². The summed E-state index contributed by atoms with van der Waals surface area (Å²) in [7, 11) is 0. The zero-order valence-electron chi connectivity index (χ0n) is 13.1. The normalized spacial score (nSPS) is 15.5. The Labute approximate surface area is 140 Å². The highest BCUT2D eigenvalue weighted by Gasteiger charge is 2.22. The molecule has 2 amide bonds. The number of hydrogen-bond acceptors (Lipinski definition) is 3. The maximum atomic E-state index is 12.1. The van der Waals surface area contributed by atoms with Gasteiger partial charge in [0, 0.05) is 10.8 Å². The van der Waals surface area contributed by atoms with Gasteiger partial charge in [-0.25, -0.2) is 0 Å². The molecule has 1 N–H and O–H groups in total. The van der Waals surface area contributed by atoms with Crippen molar-refractivity contribution in [2.24, 2.45) is 5.92 Å². The van der Waals surface area contributed by atoms with Gasteiger partial charge in [-0.3, -0.25) is 14.9 Å². The van der Waals surface area contributed by atoms with E-state index in [4.69, 9.17) is 0 Å². The summed E-state index contributed by atoms with van der Waals surface area (Å²) in [4.78, 5) is 25.1. The number of carbonyl (C=O) groups is 2. The van der Waals surface area contributed by atoms with Gasteiger partial charge in [0.05, 0.1) is 5.75 Å². The summed E-state index contributed by atoms with van der Waals surface area (Å²) in [6, 6.07) is 14.3. The summed E-state index contributed by atoms with van der Waals surface area (Å²) >= 11 is 1.47. The van der Waals surface area contributed by atoms with Crippen LogP contribution in [0.3, 0.4) is 0 Å². The first-order valence-electron chi connectivity index (χ1n) is 8.18. The number of fused-ring (bicyclic) bond motifs is 1. The number of hydrogen-bond donors (Lipinski definition) is 1. The number of amides is 2. The molecule has 1 saturated carbocycles. The van der Waals surface area contributed by atoms with Crippen molar-refractivity contribution in [1.29, 1.82) is 0 Å². The monoisotopic (exact) mass is 327 g/mol. The fourth-order valence-corrected chi connectivity index (χ4v) is 3.79. The number of nitrogens with one attached hydrogen (secondary N) is 1. The zero-order valence-corrected chi connectivity index (χ0v) is 13.9. The number of imide groups is 1. The van der Waals surface area contributed by atoms with Crippen LogP contribution in [0.15, 0.2) is 47.4 Å². The third-order valence-electron chi connectivity index (χ3n) is 4.33. The first-order valence-corrected chi connectivity index (χ1v) is 9.16. The molecule has 4 heteroatoms. The minimum absolute atomic E-state index is 0.0263. The lowest BCUT2D eigenvalue weighted by Gasteiger charge is -2.20. The molecule has 0 radical (unpaired) electrons. The van der Waals surface area contributed by atoms with Crippen LogP contribution in [0, 0.1) is 5.92 Å². The second-order valence-corrected chi connectivity index (χ2v) is 7.09. The minimum atomic E-state index is -0.196. The molecule has 0 aliphatic heterocycles. The summed E-state index contributed by atoms with van der Waals surface area (Å²) in [6.45, 7) is 0. The molecule has 0 spiro atoms. The highest BCUT2D eigenvalue weighted by Crippen LogP contribution is 2.25. The van der Waals surface area contributed by atoms with Gasteiger partial charge in [0.2, 0.25) is 11.8 Å². The molecule has 0 unspecified atom stereocenters. The van der Waals surface area contributed by atoms with Crippen LogP contribution in [0.5, 0.6) is 0 Å². The second kappa shape index (κ2) is 7.64. The van der Waals surface area contributed by atoms with E-state index >= 15 is 0 Å². The van der Waals surface area contributed by atoms with Crippen LogP contribution in [-0.4, -0.2) is 17.6 Å². The molecule has 1 aliphatic rings. The summed E-state index contributed by atoms with van der Waals surface area (Å²) in [5.41, 5.74) is 0. The molecule has 1 fully saturated rings. The van der Waals surface area contributed by atoms with E-state index in [9.17, 15) is 9.59 Å². The summed E-state index contributed by atoms with van der Waals surface area (Å²) in [5, 5.41) is 4.91. The van der Waals surface area contributed by atoms with Gasteiger partial charge in [0.15, 0.2) is 0 Å². The molecule has 2 aromatic rings. The Bertz CT molecular complexity index is 707. The van der Waals surface area contributed by atoms with E-state index < -0.39 is 0 Å². The second-order valence-electron chi connectivity index (χ2n) is 6.04. The molecule has 1 aliphatic carbocycles. The summed E-state index contributed by atoms with van der Waals surface area (Å²) in [6.07, 6.45) is 5.22. The molecular formula is C19H21NO2S. The Balaban J connectivity index is 1.52. The van der Waals surface area contributed by atoms with E-state index in [1.54, 1.807) is 0 Å². The van der Waals surface area contributed by atoms with Gasteiger partial charge in [-0.1, -0.05) is 49.6 Å². The van der Waals surface area contributed by atoms with Crippen molar-refractivity contribution in [1.82, 2.24) is 5.32 Å². The van der Waals surface area contributed by atoms with Crippen LogP contribution < -0.4 is 5.32 Å². The fourth-order valence-electron chi connectivity index (χ4n) is 3.05. The van der Waals surface area contributed by atoms with Crippen molar-refractivity contribution in [2.45, 2.75) is 37.0 Å². The maximum Gasteiger partial charge on any atom is 0.236 e. The van der Waals surface area contributed by atoms with E-state index in [0.717, 1.165) is 36.0 Å². The molecule has 3 rings (SSSR count). The number of rotatable bonds is 4. The minimum Gasteiger partial charge on any atom is -0.295 e. The smallest absolute Gasteiger partial charge is 0.236 e. The molecule has 0 heterocycles. The Morgan fingerprint density at radius 2 is 1.74 bits per heavy atom. The number of carbonyl (C=O) groups excluding carboxylic acids is 2. The molecule has 3 nitrogen and oxygen atoms in total. The number of thioether (sulfide) groups is 1. The third-order valence-corrected chi connectivity index (χ3v) is 5.32. The molecular weight excluding hydrogens is 306 g/mol. The lowest BCUT2D eigenvalue weighted by molar-refractivity contribution is -0.132. The Hall–Kier alpha value is -1.81. The molecule has 0 saturated heterocycles. The van der Waals surface area contributed by atoms with E-state index in [2.05, 4.69) is 29.6 Å². The lowest BCUT2D eigenvalue weighted by Crippen LogP contribution is -2.37. The predicted octanol–water partition coefficient (Wildman–Crippen LogP) is 4.16. The van der Waals surface area contributed by atoms with Crippen molar-refractivity contribution in [2.75, 3.05) is 5.75 Å². The molecule has 0 bridgehead atoms. The maximum absolute atomic E-state index is 12.1. The topological polar surface area (TPSA) is 46.2 Å². The zero-order chi connectivity index (χ0) is 16.1. The highest BCUT2D eigenvalue weighted by atomic mass is 32.2. The van der Waals surface area contributed by atoms with Crippen molar-refractivity contribution in [3.63, 3.8) is 0 Å². The molecule has 0 aromatic heterocycles.